The summed E-state index contributed by atoms with van der Waals surface area (Å²) in [5.74, 6) is 0. The Balaban J connectivity index is 1.12. The fourth-order valence-corrected chi connectivity index (χ4v) is 10.9. The minimum absolute atomic E-state index is 0.148. The monoisotopic (exact) mass is 777 g/mol. The van der Waals surface area contributed by atoms with Crippen LogP contribution < -0.4 is 4.90 Å². The average molecular weight is 778 g/mol. The number of hydrogen-bond donors (Lipinski definition) is 0. The first kappa shape index (κ1) is 35.5. The van der Waals surface area contributed by atoms with Crippen LogP contribution in [0.2, 0.25) is 0 Å². The van der Waals surface area contributed by atoms with Gasteiger partial charge in [-0.2, -0.15) is 0 Å². The smallest absolute Gasteiger partial charge is 0.0725 e. The van der Waals surface area contributed by atoms with Crippen molar-refractivity contribution in [1.29, 1.82) is 0 Å². The molecule has 1 spiro atoms. The van der Waals surface area contributed by atoms with Crippen LogP contribution in [0.1, 0.15) is 58.4 Å². The molecule has 0 aromatic heterocycles. The molecule has 9 aromatic rings. The highest BCUT2D eigenvalue weighted by Gasteiger charge is 2.48. The van der Waals surface area contributed by atoms with Gasteiger partial charge < -0.3 is 4.90 Å². The van der Waals surface area contributed by atoms with E-state index in [0.717, 1.165) is 17.1 Å². The van der Waals surface area contributed by atoms with Gasteiger partial charge in [-0.1, -0.05) is 208 Å². The van der Waals surface area contributed by atoms with Crippen molar-refractivity contribution in [3.63, 3.8) is 0 Å². The van der Waals surface area contributed by atoms with E-state index in [1.165, 1.54) is 89.0 Å². The molecule has 0 N–H and O–H groups in total. The molecule has 0 unspecified atom stereocenters. The van der Waals surface area contributed by atoms with E-state index in [4.69, 9.17) is 0 Å². The van der Waals surface area contributed by atoms with E-state index in [9.17, 15) is 0 Å². The molecule has 3 aliphatic rings. The van der Waals surface area contributed by atoms with Gasteiger partial charge in [0.2, 0.25) is 0 Å². The molecule has 0 radical (unpaired) electrons. The Labute approximate surface area is 358 Å². The molecule has 61 heavy (non-hydrogen) atoms. The third kappa shape index (κ3) is 5.20. The first-order valence-electron chi connectivity index (χ1n) is 21.4. The van der Waals surface area contributed by atoms with Crippen molar-refractivity contribution in [3.05, 3.63) is 257 Å². The number of para-hydroxylation sites is 1. The van der Waals surface area contributed by atoms with E-state index in [1.807, 2.05) is 0 Å². The predicted octanol–water partition coefficient (Wildman–Crippen LogP) is 15.6. The molecule has 3 aliphatic carbocycles. The van der Waals surface area contributed by atoms with Crippen molar-refractivity contribution >= 4 is 29.2 Å². The summed E-state index contributed by atoms with van der Waals surface area (Å²) >= 11 is 0. The van der Waals surface area contributed by atoms with E-state index in [0.29, 0.717) is 0 Å². The van der Waals surface area contributed by atoms with Gasteiger partial charge in [-0.25, -0.2) is 0 Å². The van der Waals surface area contributed by atoms with Crippen molar-refractivity contribution in [2.45, 2.75) is 24.7 Å². The molecular weight excluding hydrogens is 735 g/mol. The van der Waals surface area contributed by atoms with Crippen LogP contribution in [0.4, 0.5) is 17.1 Å². The van der Waals surface area contributed by atoms with Crippen LogP contribution in [-0.2, 0) is 10.8 Å². The Morgan fingerprint density at radius 3 is 1.41 bits per heavy atom. The molecule has 0 bridgehead atoms. The summed E-state index contributed by atoms with van der Waals surface area (Å²) in [5.41, 5.74) is 23.2. The zero-order valence-corrected chi connectivity index (χ0v) is 34.3. The highest BCUT2D eigenvalue weighted by molar-refractivity contribution is 5.95. The fourth-order valence-electron chi connectivity index (χ4n) is 10.9. The largest absolute Gasteiger partial charge is 0.310 e. The van der Waals surface area contributed by atoms with Crippen LogP contribution in [0.3, 0.4) is 0 Å². The van der Waals surface area contributed by atoms with Gasteiger partial charge in [-0.05, 0) is 114 Å². The molecule has 1 heteroatoms. The van der Waals surface area contributed by atoms with Crippen LogP contribution >= 0.6 is 0 Å². The number of fused-ring (bicyclic) bond motifs is 12. The van der Waals surface area contributed by atoms with Crippen molar-refractivity contribution in [2.24, 2.45) is 0 Å². The molecule has 12 rings (SSSR count). The molecule has 0 atom stereocenters. The maximum atomic E-state index is 2.52. The van der Waals surface area contributed by atoms with E-state index in [-0.39, 0.29) is 5.41 Å². The Kier molecular flexibility index (Phi) is 7.86. The lowest BCUT2D eigenvalue weighted by molar-refractivity contribution is 0.660. The summed E-state index contributed by atoms with van der Waals surface area (Å²) in [6, 6.07) is 79.1. The molecule has 0 saturated heterocycles. The van der Waals surface area contributed by atoms with Gasteiger partial charge in [0.25, 0.3) is 0 Å². The van der Waals surface area contributed by atoms with Crippen molar-refractivity contribution in [2.75, 3.05) is 4.90 Å². The number of hydrogen-bond acceptors (Lipinski definition) is 1. The van der Waals surface area contributed by atoms with Gasteiger partial charge in [0.15, 0.2) is 0 Å². The van der Waals surface area contributed by atoms with Crippen LogP contribution in [0.25, 0.3) is 56.7 Å². The molecule has 9 aromatic carbocycles. The van der Waals surface area contributed by atoms with Crippen LogP contribution in [0.5, 0.6) is 0 Å². The van der Waals surface area contributed by atoms with Gasteiger partial charge >= 0.3 is 0 Å². The van der Waals surface area contributed by atoms with Gasteiger partial charge in [0.1, 0.15) is 0 Å². The molecule has 0 heterocycles. The third-order valence-corrected chi connectivity index (χ3v) is 13.7. The van der Waals surface area contributed by atoms with Crippen LogP contribution in [0.15, 0.2) is 212 Å². The first-order valence-corrected chi connectivity index (χ1v) is 21.4. The van der Waals surface area contributed by atoms with Crippen molar-refractivity contribution in [1.82, 2.24) is 0 Å². The Morgan fingerprint density at radius 2 is 0.754 bits per heavy atom. The lowest BCUT2D eigenvalue weighted by Gasteiger charge is -2.36. The summed E-state index contributed by atoms with van der Waals surface area (Å²) < 4.78 is 0. The quantitative estimate of drug-likeness (QED) is 0.168. The van der Waals surface area contributed by atoms with Crippen molar-refractivity contribution < 1.29 is 0 Å². The Hall–Kier alpha value is -7.48. The Bertz CT molecular complexity index is 3170. The standard InChI is InChI=1S/C60H43N/c1-59(2)54-25-13-8-21-48(54)50-36-34-45(38-56(50)59)61(58-27-15-10-20-47(58)42-30-28-41(29-31-42)40-16-4-3-5-17-40)46-35-37-51-49-22-9-14-26-55(49)60(57(51)39-46)52-23-11-6-18-43(52)32-33-44-19-7-12-24-53(44)60/h3-39H,1-2H3. The van der Waals surface area contributed by atoms with Gasteiger partial charge in [0.05, 0.1) is 11.1 Å². The van der Waals surface area contributed by atoms with Gasteiger partial charge in [0, 0.05) is 22.4 Å². The average Bonchev–Trinajstić information content (AvgIpc) is 3.67. The zero-order chi connectivity index (χ0) is 40.7. The highest BCUT2D eigenvalue weighted by Crippen LogP contribution is 2.60. The first-order chi connectivity index (χ1) is 30.0. The maximum Gasteiger partial charge on any atom is 0.0725 e. The van der Waals surface area contributed by atoms with E-state index in [2.05, 4.69) is 243 Å². The lowest BCUT2D eigenvalue weighted by atomic mass is 9.66. The molecule has 0 saturated carbocycles. The van der Waals surface area contributed by atoms with Crippen LogP contribution in [-0.4, -0.2) is 0 Å². The maximum absolute atomic E-state index is 2.52. The topological polar surface area (TPSA) is 3.24 Å². The number of nitrogens with zero attached hydrogens (tertiary/aromatic N) is 1. The molecular formula is C60H43N. The minimum atomic E-state index is -0.529. The number of benzene rings is 9. The number of rotatable bonds is 5. The SMILES string of the molecule is CC1(C)c2ccccc2-c2ccc(N(c3ccc4c(c3)C3(c5ccccc5C=Cc5ccccc53)c3ccccc3-4)c3ccccc3-c3ccc(-c4ccccc4)cc3)cc21. The Morgan fingerprint density at radius 1 is 0.311 bits per heavy atom. The molecule has 288 valence electrons. The second kappa shape index (κ2) is 13.5. The zero-order valence-electron chi connectivity index (χ0n) is 34.3. The minimum Gasteiger partial charge on any atom is -0.310 e. The summed E-state index contributed by atoms with van der Waals surface area (Å²) in [5, 5.41) is 0. The normalized spacial score (nSPS) is 14.3. The summed E-state index contributed by atoms with van der Waals surface area (Å²) in [4.78, 5) is 2.52. The predicted molar refractivity (Wildman–Crippen MR) is 256 cm³/mol. The number of anilines is 3. The molecule has 1 nitrogen and oxygen atoms in total. The third-order valence-electron chi connectivity index (χ3n) is 13.7. The van der Waals surface area contributed by atoms with E-state index in [1.54, 1.807) is 0 Å². The summed E-state index contributed by atoms with van der Waals surface area (Å²) in [6.07, 6.45) is 4.62. The molecule has 0 aliphatic heterocycles. The van der Waals surface area contributed by atoms with E-state index >= 15 is 0 Å². The van der Waals surface area contributed by atoms with Gasteiger partial charge in [-0.15, -0.1) is 0 Å². The highest BCUT2D eigenvalue weighted by atomic mass is 15.1. The second-order valence-electron chi connectivity index (χ2n) is 17.2. The van der Waals surface area contributed by atoms with E-state index < -0.39 is 5.41 Å². The van der Waals surface area contributed by atoms with Gasteiger partial charge in [-0.3, -0.25) is 0 Å². The fraction of sp³-hybridized carbons (Fsp3) is 0.0667. The molecule has 0 amide bonds. The molecule has 0 fully saturated rings. The summed E-state index contributed by atoms with van der Waals surface area (Å²) in [6.45, 7) is 4.75. The summed E-state index contributed by atoms with van der Waals surface area (Å²) in [7, 11) is 0. The second-order valence-corrected chi connectivity index (χ2v) is 17.2. The van der Waals surface area contributed by atoms with Crippen LogP contribution in [0, 0.1) is 0 Å². The lowest BCUT2D eigenvalue weighted by Crippen LogP contribution is -2.30. The van der Waals surface area contributed by atoms with Crippen molar-refractivity contribution in [3.8, 4) is 44.5 Å².